The maximum absolute atomic E-state index is 14.0. The summed E-state index contributed by atoms with van der Waals surface area (Å²) in [4.78, 5) is 27.5. The Balaban J connectivity index is 1.23. The molecule has 3 aromatic rings. The monoisotopic (exact) mass is 547 g/mol. The first-order chi connectivity index (χ1) is 19.4. The van der Waals surface area contributed by atoms with Gasteiger partial charge in [0.2, 0.25) is 5.91 Å². The molecule has 1 saturated carbocycles. The molecule has 0 atom stereocenters. The topological polar surface area (TPSA) is 92.1 Å². The smallest absolute Gasteiger partial charge is 0.343 e. The van der Waals surface area contributed by atoms with Crippen molar-refractivity contribution in [2.24, 2.45) is 18.4 Å². The van der Waals surface area contributed by atoms with Gasteiger partial charge in [0, 0.05) is 55.3 Å². The lowest BCUT2D eigenvalue weighted by Gasteiger charge is -2.54. The van der Waals surface area contributed by atoms with Crippen molar-refractivity contribution in [2.75, 3.05) is 45.0 Å². The molecular formula is C31H37N3O6. The molecule has 7 rings (SSSR count). The van der Waals surface area contributed by atoms with Gasteiger partial charge in [0.15, 0.2) is 6.61 Å². The largest absolute Gasteiger partial charge is 0.482 e. The van der Waals surface area contributed by atoms with E-state index < -0.39 is 5.97 Å². The van der Waals surface area contributed by atoms with E-state index in [4.69, 9.17) is 18.9 Å². The van der Waals surface area contributed by atoms with Crippen molar-refractivity contribution in [3.8, 4) is 5.75 Å². The van der Waals surface area contributed by atoms with Gasteiger partial charge in [-0.05, 0) is 68.4 Å². The summed E-state index contributed by atoms with van der Waals surface area (Å²) in [5.41, 5.74) is 2.69. The van der Waals surface area contributed by atoms with Crippen LogP contribution in [0.5, 0.6) is 5.75 Å². The van der Waals surface area contributed by atoms with Crippen LogP contribution in [0.3, 0.4) is 0 Å². The molecule has 0 N–H and O–H groups in total. The van der Waals surface area contributed by atoms with Gasteiger partial charge in [0.1, 0.15) is 5.75 Å². The number of fused-ring (bicyclic) bond motifs is 4. The van der Waals surface area contributed by atoms with E-state index in [1.54, 1.807) is 6.07 Å². The Morgan fingerprint density at radius 1 is 1.10 bits per heavy atom. The van der Waals surface area contributed by atoms with Gasteiger partial charge < -0.3 is 23.8 Å². The summed E-state index contributed by atoms with van der Waals surface area (Å²) < 4.78 is 24.5. The molecule has 2 aromatic carbocycles. The zero-order valence-electron chi connectivity index (χ0n) is 23.3. The SMILES string of the molecule is COC(=O)COc1cccc(N(CC23CCC(c4ccc5c(cnn5C)c4)(CC2)OC3)C(=O)C2CCOCC2)c1. The number of amides is 1. The first kappa shape index (κ1) is 26.8. The molecule has 40 heavy (non-hydrogen) atoms. The van der Waals surface area contributed by atoms with Crippen molar-refractivity contribution >= 4 is 28.5 Å². The summed E-state index contributed by atoms with van der Waals surface area (Å²) in [6.07, 6.45) is 7.14. The first-order valence-corrected chi connectivity index (χ1v) is 14.2. The summed E-state index contributed by atoms with van der Waals surface area (Å²) in [6.45, 7) is 2.21. The second-order valence-corrected chi connectivity index (χ2v) is 11.5. The third-order valence-corrected chi connectivity index (χ3v) is 9.09. The second-order valence-electron chi connectivity index (χ2n) is 11.5. The predicted molar refractivity (Wildman–Crippen MR) is 149 cm³/mol. The fourth-order valence-corrected chi connectivity index (χ4v) is 6.53. The molecule has 4 fully saturated rings. The molecule has 4 aliphatic rings. The van der Waals surface area contributed by atoms with Gasteiger partial charge in [-0.15, -0.1) is 0 Å². The highest BCUT2D eigenvalue weighted by Crippen LogP contribution is 2.54. The van der Waals surface area contributed by atoms with Crippen molar-refractivity contribution in [3.63, 3.8) is 0 Å². The van der Waals surface area contributed by atoms with Crippen molar-refractivity contribution in [2.45, 2.75) is 44.1 Å². The third kappa shape index (κ3) is 5.08. The summed E-state index contributed by atoms with van der Waals surface area (Å²) >= 11 is 0. The number of rotatable bonds is 8. The van der Waals surface area contributed by atoms with Crippen LogP contribution in [-0.2, 0) is 36.4 Å². The number of anilines is 1. The lowest BCUT2D eigenvalue weighted by molar-refractivity contribution is -0.186. The van der Waals surface area contributed by atoms with E-state index in [-0.39, 0.29) is 29.4 Å². The van der Waals surface area contributed by atoms with Crippen LogP contribution >= 0.6 is 0 Å². The number of ether oxygens (including phenoxy) is 4. The average molecular weight is 548 g/mol. The number of carbonyl (C=O) groups excluding carboxylic acids is 2. The Morgan fingerprint density at radius 2 is 1.90 bits per heavy atom. The zero-order chi connectivity index (χ0) is 27.7. The summed E-state index contributed by atoms with van der Waals surface area (Å²) in [7, 11) is 3.29. The van der Waals surface area contributed by atoms with Gasteiger partial charge in [0.25, 0.3) is 0 Å². The lowest BCUT2D eigenvalue weighted by Crippen LogP contribution is -2.55. The quantitative estimate of drug-likeness (QED) is 0.387. The average Bonchev–Trinajstić information content (AvgIpc) is 3.39. The van der Waals surface area contributed by atoms with Crippen LogP contribution in [-0.4, -0.2) is 61.7 Å². The second kappa shape index (κ2) is 10.9. The summed E-state index contributed by atoms with van der Waals surface area (Å²) in [5.74, 6) is 0.112. The highest BCUT2D eigenvalue weighted by Gasteiger charge is 2.52. The molecule has 3 aliphatic heterocycles. The van der Waals surface area contributed by atoms with Crippen LogP contribution in [0.2, 0.25) is 0 Å². The van der Waals surface area contributed by atoms with Gasteiger partial charge >= 0.3 is 5.97 Å². The van der Waals surface area contributed by atoms with Crippen molar-refractivity contribution in [1.82, 2.24) is 9.78 Å². The van der Waals surface area contributed by atoms with Gasteiger partial charge in [0.05, 0.1) is 31.0 Å². The molecule has 2 bridgehead atoms. The van der Waals surface area contributed by atoms with Gasteiger partial charge in [-0.1, -0.05) is 12.1 Å². The number of hydrogen-bond acceptors (Lipinski definition) is 7. The van der Waals surface area contributed by atoms with Crippen LogP contribution in [0.1, 0.15) is 44.1 Å². The molecular weight excluding hydrogens is 510 g/mol. The number of esters is 1. The standard InChI is InChI=1S/C31H37N3O6/c1-33-27-7-6-24(16-23(27)18-32-33)31-12-10-30(11-13-31,21-40-31)20-34(29(36)22-8-14-38-15-9-22)25-4-3-5-26(17-25)39-19-28(35)37-2/h3-7,16-18,22H,8-15,19-21H2,1-2H3. The first-order valence-electron chi connectivity index (χ1n) is 14.2. The molecule has 9 heteroatoms. The molecule has 1 amide bonds. The molecule has 1 aromatic heterocycles. The number of hydrogen-bond donors (Lipinski definition) is 0. The van der Waals surface area contributed by atoms with E-state index in [0.717, 1.165) is 55.1 Å². The van der Waals surface area contributed by atoms with Crippen LogP contribution in [0.15, 0.2) is 48.7 Å². The van der Waals surface area contributed by atoms with Crippen LogP contribution in [0, 0.1) is 11.3 Å². The Bertz CT molecular complexity index is 1370. The van der Waals surface area contributed by atoms with E-state index in [1.807, 2.05) is 41.0 Å². The maximum atomic E-state index is 14.0. The third-order valence-electron chi connectivity index (χ3n) is 9.09. The number of aryl methyl sites for hydroxylation is 1. The molecule has 212 valence electrons. The maximum Gasteiger partial charge on any atom is 0.343 e. The van der Waals surface area contributed by atoms with E-state index in [0.29, 0.717) is 32.1 Å². The van der Waals surface area contributed by atoms with Crippen molar-refractivity contribution in [1.29, 1.82) is 0 Å². The fourth-order valence-electron chi connectivity index (χ4n) is 6.53. The van der Waals surface area contributed by atoms with Crippen LogP contribution in [0.4, 0.5) is 5.69 Å². The predicted octanol–water partition coefficient (Wildman–Crippen LogP) is 4.37. The highest BCUT2D eigenvalue weighted by molar-refractivity contribution is 5.95. The van der Waals surface area contributed by atoms with Crippen LogP contribution < -0.4 is 9.64 Å². The minimum Gasteiger partial charge on any atom is -0.482 e. The molecule has 3 saturated heterocycles. The minimum absolute atomic E-state index is 0.0804. The molecule has 1 aliphatic carbocycles. The normalized spacial score (nSPS) is 24.6. The van der Waals surface area contributed by atoms with Crippen molar-refractivity contribution < 1.29 is 28.5 Å². The Labute approximate surface area is 234 Å². The van der Waals surface area contributed by atoms with E-state index in [9.17, 15) is 9.59 Å². The molecule has 0 spiro atoms. The molecule has 4 heterocycles. The van der Waals surface area contributed by atoms with E-state index >= 15 is 0 Å². The number of aromatic nitrogens is 2. The molecule has 0 radical (unpaired) electrons. The summed E-state index contributed by atoms with van der Waals surface area (Å²) in [6, 6.07) is 14.0. The van der Waals surface area contributed by atoms with Gasteiger partial charge in [-0.3, -0.25) is 9.48 Å². The highest BCUT2D eigenvalue weighted by atomic mass is 16.6. The van der Waals surface area contributed by atoms with Gasteiger partial charge in [-0.25, -0.2) is 4.79 Å². The number of benzene rings is 2. The van der Waals surface area contributed by atoms with Gasteiger partial charge in [-0.2, -0.15) is 5.10 Å². The lowest BCUT2D eigenvalue weighted by atomic mass is 9.64. The molecule has 9 nitrogen and oxygen atoms in total. The number of nitrogens with zero attached hydrogens (tertiary/aromatic N) is 3. The van der Waals surface area contributed by atoms with E-state index in [1.165, 1.54) is 12.7 Å². The summed E-state index contributed by atoms with van der Waals surface area (Å²) in [5, 5.41) is 5.52. The Morgan fingerprint density at radius 3 is 2.62 bits per heavy atom. The van der Waals surface area contributed by atoms with Crippen LogP contribution in [0.25, 0.3) is 10.9 Å². The Kier molecular flexibility index (Phi) is 7.27. The fraction of sp³-hybridized carbons (Fsp3) is 0.516. The minimum atomic E-state index is -0.452. The Hall–Kier alpha value is -3.43. The number of carbonyl (C=O) groups is 2. The zero-order valence-corrected chi connectivity index (χ0v) is 23.3. The van der Waals surface area contributed by atoms with Crippen molar-refractivity contribution in [3.05, 3.63) is 54.2 Å². The van der Waals surface area contributed by atoms with E-state index in [2.05, 4.69) is 23.3 Å². The molecule has 0 unspecified atom stereocenters. The number of methoxy groups -OCH3 is 1.